The van der Waals surface area contributed by atoms with E-state index in [0.29, 0.717) is 5.82 Å². The fourth-order valence-electron chi connectivity index (χ4n) is 7.06. The number of hydrogen-bond donors (Lipinski definition) is 0. The van der Waals surface area contributed by atoms with Gasteiger partial charge in [-0.2, -0.15) is 0 Å². The molecular formula is C42H34N2S. The molecule has 3 heteroatoms. The van der Waals surface area contributed by atoms with Gasteiger partial charge in [-0.15, -0.1) is 0 Å². The maximum Gasteiger partial charge on any atom is 0.160 e. The highest BCUT2D eigenvalue weighted by atomic mass is 32.2. The third kappa shape index (κ3) is 4.50. The molecule has 2 heterocycles. The van der Waals surface area contributed by atoms with Crippen molar-refractivity contribution < 1.29 is 0 Å². The average Bonchev–Trinajstić information content (AvgIpc) is 3.27. The van der Waals surface area contributed by atoms with E-state index in [4.69, 9.17) is 9.97 Å². The average molecular weight is 599 g/mol. The summed E-state index contributed by atoms with van der Waals surface area (Å²) in [5.74, 6) is 0.689. The highest BCUT2D eigenvalue weighted by molar-refractivity contribution is 7.99. The van der Waals surface area contributed by atoms with Gasteiger partial charge in [-0.25, -0.2) is 9.97 Å². The molecule has 0 unspecified atom stereocenters. The summed E-state index contributed by atoms with van der Waals surface area (Å²) in [5, 5.41) is 1.03. The van der Waals surface area contributed by atoms with Crippen molar-refractivity contribution in [3.05, 3.63) is 185 Å². The van der Waals surface area contributed by atoms with Gasteiger partial charge in [0.05, 0.1) is 16.6 Å². The zero-order valence-corrected chi connectivity index (χ0v) is 26.7. The van der Waals surface area contributed by atoms with Gasteiger partial charge in [0.15, 0.2) is 5.82 Å². The van der Waals surface area contributed by atoms with Crippen LogP contribution in [-0.2, 0) is 5.41 Å². The summed E-state index contributed by atoms with van der Waals surface area (Å²) >= 11 is 1.84. The third-order valence-corrected chi connectivity index (χ3v) is 10.2. The molecule has 218 valence electrons. The zero-order valence-electron chi connectivity index (χ0n) is 25.8. The largest absolute Gasteiger partial charge is 0.228 e. The summed E-state index contributed by atoms with van der Waals surface area (Å²) in [4.78, 5) is 13.2. The number of aryl methyl sites for hydroxylation is 1. The summed E-state index contributed by atoms with van der Waals surface area (Å²) in [6.45, 7) is 14.8. The Morgan fingerprint density at radius 1 is 0.733 bits per heavy atom. The van der Waals surface area contributed by atoms with Gasteiger partial charge < -0.3 is 0 Å². The van der Waals surface area contributed by atoms with E-state index < -0.39 is 5.41 Å². The van der Waals surface area contributed by atoms with E-state index in [2.05, 4.69) is 143 Å². The van der Waals surface area contributed by atoms with Crippen LogP contribution in [0.15, 0.2) is 173 Å². The molecule has 1 aromatic heterocycles. The lowest BCUT2D eigenvalue weighted by Gasteiger charge is -2.42. The molecule has 0 radical (unpaired) electrons. The normalized spacial score (nSPS) is 15.6. The smallest absolute Gasteiger partial charge is 0.160 e. The molecule has 0 amide bonds. The molecule has 1 spiro atoms. The SMILES string of the molecule is C=C/C=C\C1=C(C)C(C)=C(/C(=C\C=C)c2nc(-c3cccc(C)c3)c3ccccc3n2)C12c1ccccc1Sc1ccccc12. The van der Waals surface area contributed by atoms with Crippen molar-refractivity contribution in [1.82, 2.24) is 9.97 Å². The van der Waals surface area contributed by atoms with E-state index >= 15 is 0 Å². The number of hydrogen-bond acceptors (Lipinski definition) is 3. The second-order valence-corrected chi connectivity index (χ2v) is 12.7. The van der Waals surface area contributed by atoms with Gasteiger partial charge in [-0.1, -0.05) is 134 Å². The first kappa shape index (κ1) is 28.8. The maximum absolute atomic E-state index is 5.39. The summed E-state index contributed by atoms with van der Waals surface area (Å²) in [5.41, 5.74) is 11.9. The van der Waals surface area contributed by atoms with Crippen LogP contribution < -0.4 is 0 Å². The lowest BCUT2D eigenvalue weighted by atomic mass is 9.63. The Hall–Kier alpha value is -4.99. The monoisotopic (exact) mass is 598 g/mol. The Morgan fingerprint density at radius 2 is 1.42 bits per heavy atom. The Labute approximate surface area is 270 Å². The topological polar surface area (TPSA) is 25.8 Å². The minimum Gasteiger partial charge on any atom is -0.228 e. The van der Waals surface area contributed by atoms with Crippen LogP contribution in [0, 0.1) is 6.92 Å². The molecule has 0 N–H and O–H groups in total. The van der Waals surface area contributed by atoms with Gasteiger partial charge in [0.25, 0.3) is 0 Å². The minimum atomic E-state index is -0.584. The molecule has 2 nitrogen and oxygen atoms in total. The molecule has 0 saturated heterocycles. The number of para-hydroxylation sites is 1. The van der Waals surface area contributed by atoms with Crippen LogP contribution in [0.25, 0.3) is 27.7 Å². The number of nitrogens with zero attached hydrogens (tertiary/aromatic N) is 2. The quantitative estimate of drug-likeness (QED) is 0.182. The zero-order chi connectivity index (χ0) is 31.1. The van der Waals surface area contributed by atoms with E-state index in [1.54, 1.807) is 0 Å². The molecule has 1 aliphatic heterocycles. The number of benzene rings is 4. The fraction of sp³-hybridized carbons (Fsp3) is 0.0952. The van der Waals surface area contributed by atoms with Crippen molar-refractivity contribution in [2.75, 3.05) is 0 Å². The molecule has 5 aromatic rings. The van der Waals surface area contributed by atoms with Gasteiger partial charge in [-0.3, -0.25) is 0 Å². The van der Waals surface area contributed by atoms with Crippen LogP contribution in [0.3, 0.4) is 0 Å². The van der Waals surface area contributed by atoms with E-state index in [-0.39, 0.29) is 0 Å². The lowest BCUT2D eigenvalue weighted by molar-refractivity contribution is 0.711. The number of allylic oxidation sites excluding steroid dienone is 10. The van der Waals surface area contributed by atoms with E-state index in [9.17, 15) is 0 Å². The van der Waals surface area contributed by atoms with Crippen molar-refractivity contribution in [3.8, 4) is 11.3 Å². The first-order chi connectivity index (χ1) is 22.0. The standard InChI is InChI=1S/C42H34N2S/c1-6-8-20-33-28(4)29(5)39(42(33)34-21-10-13-24-37(34)45-38-25-14-11-22-35(38)42)32(16-7-2)41-43-36-23-12-9-19-31(36)40(44-41)30-18-15-17-27(3)26-30/h6-26H,1-2H2,3-5H3/b20-8-,32-16+. The van der Waals surface area contributed by atoms with Crippen molar-refractivity contribution in [1.29, 1.82) is 0 Å². The molecule has 2 aliphatic rings. The molecule has 45 heavy (non-hydrogen) atoms. The van der Waals surface area contributed by atoms with E-state index in [1.165, 1.54) is 48.8 Å². The number of aromatic nitrogens is 2. The molecule has 0 atom stereocenters. The van der Waals surface area contributed by atoms with Gasteiger partial charge in [-0.05, 0) is 78.5 Å². The molecule has 0 bridgehead atoms. The van der Waals surface area contributed by atoms with Crippen LogP contribution >= 0.6 is 11.8 Å². The van der Waals surface area contributed by atoms with Crippen LogP contribution in [0.4, 0.5) is 0 Å². The molecule has 0 saturated carbocycles. The highest BCUT2D eigenvalue weighted by Crippen LogP contribution is 2.63. The summed E-state index contributed by atoms with van der Waals surface area (Å²) < 4.78 is 0. The number of fused-ring (bicyclic) bond motifs is 5. The highest BCUT2D eigenvalue weighted by Gasteiger charge is 2.52. The predicted octanol–water partition coefficient (Wildman–Crippen LogP) is 11.0. The first-order valence-electron chi connectivity index (χ1n) is 15.2. The lowest BCUT2D eigenvalue weighted by Crippen LogP contribution is -2.34. The van der Waals surface area contributed by atoms with Crippen LogP contribution in [0.5, 0.6) is 0 Å². The minimum absolute atomic E-state index is 0.584. The van der Waals surface area contributed by atoms with Crippen LogP contribution in [0.2, 0.25) is 0 Å². The van der Waals surface area contributed by atoms with E-state index in [0.717, 1.165) is 27.7 Å². The molecule has 7 rings (SSSR count). The number of rotatable bonds is 6. The predicted molar refractivity (Wildman–Crippen MR) is 190 cm³/mol. The van der Waals surface area contributed by atoms with Crippen molar-refractivity contribution in [2.24, 2.45) is 0 Å². The van der Waals surface area contributed by atoms with Crippen LogP contribution in [0.1, 0.15) is 36.4 Å². The van der Waals surface area contributed by atoms with Crippen LogP contribution in [-0.4, -0.2) is 9.97 Å². The summed E-state index contributed by atoms with van der Waals surface area (Å²) in [7, 11) is 0. The molecular weight excluding hydrogens is 565 g/mol. The third-order valence-electron chi connectivity index (χ3n) is 9.01. The fourth-order valence-corrected chi connectivity index (χ4v) is 8.25. The van der Waals surface area contributed by atoms with Crippen molar-refractivity contribution >= 4 is 28.2 Å². The maximum atomic E-state index is 5.39. The van der Waals surface area contributed by atoms with Gasteiger partial charge >= 0.3 is 0 Å². The molecule has 0 fully saturated rings. The second-order valence-electron chi connectivity index (χ2n) is 11.6. The van der Waals surface area contributed by atoms with Crippen molar-refractivity contribution in [2.45, 2.75) is 36.0 Å². The Kier molecular flexibility index (Phi) is 7.35. The first-order valence-corrected chi connectivity index (χ1v) is 16.1. The second kappa shape index (κ2) is 11.5. The van der Waals surface area contributed by atoms with Gasteiger partial charge in [0.1, 0.15) is 0 Å². The van der Waals surface area contributed by atoms with Gasteiger partial charge in [0.2, 0.25) is 0 Å². The van der Waals surface area contributed by atoms with Crippen molar-refractivity contribution in [3.63, 3.8) is 0 Å². The molecule has 1 aliphatic carbocycles. The Balaban J connectivity index is 1.59. The Morgan fingerprint density at radius 3 is 2.11 bits per heavy atom. The summed E-state index contributed by atoms with van der Waals surface area (Å²) in [6.07, 6.45) is 10.1. The van der Waals surface area contributed by atoms with Gasteiger partial charge in [0, 0.05) is 26.3 Å². The van der Waals surface area contributed by atoms with E-state index in [1.807, 2.05) is 30.0 Å². The molecule has 4 aromatic carbocycles. The Bertz CT molecular complexity index is 2110. The summed E-state index contributed by atoms with van der Waals surface area (Å²) in [6, 6.07) is 34.5.